The van der Waals surface area contributed by atoms with E-state index in [1.807, 2.05) is 24.3 Å². The van der Waals surface area contributed by atoms with Crippen molar-refractivity contribution in [1.29, 1.82) is 0 Å². The zero-order valence-corrected chi connectivity index (χ0v) is 11.4. The van der Waals surface area contributed by atoms with E-state index < -0.39 is 5.63 Å². The number of rotatable bonds is 3. The van der Waals surface area contributed by atoms with Gasteiger partial charge in [-0.1, -0.05) is 30.3 Å². The largest absolute Gasteiger partial charge is 0.507 e. The van der Waals surface area contributed by atoms with E-state index in [0.717, 1.165) is 16.7 Å². The van der Waals surface area contributed by atoms with Gasteiger partial charge in [0.25, 0.3) is 0 Å². The van der Waals surface area contributed by atoms with Crippen LogP contribution in [0.15, 0.2) is 68.7 Å². The zero-order valence-electron chi connectivity index (χ0n) is 10.6. The minimum atomic E-state index is -0.541. The second-order valence-electron chi connectivity index (χ2n) is 4.38. The molecule has 0 saturated carbocycles. The average molecular weight is 284 g/mol. The van der Waals surface area contributed by atoms with Gasteiger partial charge in [-0.25, -0.2) is 4.79 Å². The van der Waals surface area contributed by atoms with E-state index in [4.69, 9.17) is 4.42 Å². The maximum atomic E-state index is 11.3. The van der Waals surface area contributed by atoms with Gasteiger partial charge in [-0.15, -0.1) is 11.8 Å². The van der Waals surface area contributed by atoms with Gasteiger partial charge in [-0.05, 0) is 23.8 Å². The first kappa shape index (κ1) is 12.8. The fourth-order valence-corrected chi connectivity index (χ4v) is 2.84. The van der Waals surface area contributed by atoms with Crippen LogP contribution in [-0.2, 0) is 5.75 Å². The molecule has 0 unspecified atom stereocenters. The highest BCUT2D eigenvalue weighted by Crippen LogP contribution is 2.29. The summed E-state index contributed by atoms with van der Waals surface area (Å²) in [7, 11) is 0. The van der Waals surface area contributed by atoms with Crippen molar-refractivity contribution in [3.63, 3.8) is 0 Å². The van der Waals surface area contributed by atoms with E-state index in [1.54, 1.807) is 23.9 Å². The maximum absolute atomic E-state index is 11.3. The summed E-state index contributed by atoms with van der Waals surface area (Å²) >= 11 is 1.66. The van der Waals surface area contributed by atoms with Crippen LogP contribution in [0.2, 0.25) is 0 Å². The lowest BCUT2D eigenvalue weighted by atomic mass is 10.2. The molecule has 0 aliphatic carbocycles. The van der Waals surface area contributed by atoms with Crippen molar-refractivity contribution in [3.8, 4) is 5.75 Å². The van der Waals surface area contributed by atoms with Crippen LogP contribution in [-0.4, -0.2) is 5.11 Å². The van der Waals surface area contributed by atoms with E-state index in [1.165, 1.54) is 5.56 Å². The molecule has 0 radical (unpaired) electrons. The topological polar surface area (TPSA) is 50.4 Å². The summed E-state index contributed by atoms with van der Waals surface area (Å²) in [6, 6.07) is 16.7. The Labute approximate surface area is 119 Å². The molecule has 20 heavy (non-hydrogen) atoms. The van der Waals surface area contributed by atoms with E-state index >= 15 is 0 Å². The molecule has 0 amide bonds. The Bertz CT molecular complexity index is 794. The van der Waals surface area contributed by atoms with E-state index in [0.29, 0.717) is 11.0 Å². The van der Waals surface area contributed by atoms with Gasteiger partial charge in [0.1, 0.15) is 11.3 Å². The first-order valence-corrected chi connectivity index (χ1v) is 7.14. The molecule has 0 fully saturated rings. The van der Waals surface area contributed by atoms with Gasteiger partial charge < -0.3 is 9.52 Å². The van der Waals surface area contributed by atoms with Crippen molar-refractivity contribution in [2.45, 2.75) is 10.6 Å². The number of hydrogen-bond acceptors (Lipinski definition) is 4. The van der Waals surface area contributed by atoms with Crippen LogP contribution in [0.3, 0.4) is 0 Å². The summed E-state index contributed by atoms with van der Waals surface area (Å²) in [4.78, 5) is 12.3. The van der Waals surface area contributed by atoms with Crippen molar-refractivity contribution in [1.82, 2.24) is 0 Å². The molecule has 100 valence electrons. The lowest BCUT2D eigenvalue weighted by molar-refractivity contribution is 0.468. The lowest BCUT2D eigenvalue weighted by Gasteiger charge is -2.04. The molecule has 0 bridgehead atoms. The van der Waals surface area contributed by atoms with Crippen molar-refractivity contribution >= 4 is 22.7 Å². The second kappa shape index (κ2) is 5.43. The van der Waals surface area contributed by atoms with Crippen molar-refractivity contribution < 1.29 is 9.52 Å². The van der Waals surface area contributed by atoms with Gasteiger partial charge in [-0.2, -0.15) is 0 Å². The number of thioether (sulfide) groups is 1. The quantitative estimate of drug-likeness (QED) is 0.587. The van der Waals surface area contributed by atoms with Crippen LogP contribution in [0.25, 0.3) is 11.0 Å². The number of benzene rings is 2. The third-order valence-corrected chi connectivity index (χ3v) is 4.01. The molecule has 4 heteroatoms. The minimum absolute atomic E-state index is 0.0455. The maximum Gasteiger partial charge on any atom is 0.339 e. The Hall–Kier alpha value is -2.20. The van der Waals surface area contributed by atoms with Crippen molar-refractivity contribution in [3.05, 3.63) is 70.6 Å². The Morgan fingerprint density at radius 3 is 2.65 bits per heavy atom. The predicted octanol–water partition coefficient (Wildman–Crippen LogP) is 3.79. The third-order valence-electron chi connectivity index (χ3n) is 2.94. The molecule has 3 nitrogen and oxygen atoms in total. The second-order valence-corrected chi connectivity index (χ2v) is 5.43. The van der Waals surface area contributed by atoms with Crippen LogP contribution in [0.1, 0.15) is 5.56 Å². The predicted molar refractivity (Wildman–Crippen MR) is 80.2 cm³/mol. The van der Waals surface area contributed by atoms with Gasteiger partial charge in [0, 0.05) is 10.6 Å². The summed E-state index contributed by atoms with van der Waals surface area (Å²) < 4.78 is 5.11. The van der Waals surface area contributed by atoms with Gasteiger partial charge in [-0.3, -0.25) is 0 Å². The van der Waals surface area contributed by atoms with E-state index in [2.05, 4.69) is 12.1 Å². The molecule has 2 aromatic carbocycles. The van der Waals surface area contributed by atoms with Gasteiger partial charge >= 0.3 is 5.63 Å². The number of fused-ring (bicyclic) bond motifs is 1. The van der Waals surface area contributed by atoms with Gasteiger partial charge in [0.2, 0.25) is 0 Å². The van der Waals surface area contributed by atoms with Gasteiger partial charge in [0.05, 0.1) is 11.5 Å². The average Bonchev–Trinajstić information content (AvgIpc) is 2.45. The van der Waals surface area contributed by atoms with Crippen molar-refractivity contribution in [2.75, 3.05) is 0 Å². The Morgan fingerprint density at radius 2 is 1.85 bits per heavy atom. The molecule has 0 spiro atoms. The first-order valence-electron chi connectivity index (χ1n) is 6.16. The highest BCUT2D eigenvalue weighted by atomic mass is 32.2. The van der Waals surface area contributed by atoms with Crippen LogP contribution in [0.5, 0.6) is 5.75 Å². The summed E-state index contributed by atoms with van der Waals surface area (Å²) in [6.45, 7) is 0. The Morgan fingerprint density at radius 1 is 1.05 bits per heavy atom. The molecule has 1 N–H and O–H groups in total. The standard InChI is InChI=1S/C16H12O3S/c17-14-9-16(18)19-15-8-12(6-7-13(14)15)20-10-11-4-2-1-3-5-11/h1-9,17H,10H2. The Kier molecular flexibility index (Phi) is 3.48. The smallest absolute Gasteiger partial charge is 0.339 e. The molecule has 1 heterocycles. The first-order chi connectivity index (χ1) is 9.72. The Balaban J connectivity index is 1.88. The monoisotopic (exact) mass is 284 g/mol. The van der Waals surface area contributed by atoms with Crippen LogP contribution < -0.4 is 5.63 Å². The fourth-order valence-electron chi connectivity index (χ4n) is 1.96. The molecular weight excluding hydrogens is 272 g/mol. The van der Waals surface area contributed by atoms with Crippen LogP contribution in [0.4, 0.5) is 0 Å². The van der Waals surface area contributed by atoms with Crippen LogP contribution >= 0.6 is 11.8 Å². The van der Waals surface area contributed by atoms with Gasteiger partial charge in [0.15, 0.2) is 0 Å². The minimum Gasteiger partial charge on any atom is -0.507 e. The fraction of sp³-hybridized carbons (Fsp3) is 0.0625. The van der Waals surface area contributed by atoms with E-state index in [-0.39, 0.29) is 5.75 Å². The summed E-state index contributed by atoms with van der Waals surface area (Å²) in [5.74, 6) is 0.797. The summed E-state index contributed by atoms with van der Waals surface area (Å²) in [5.41, 5.74) is 1.10. The third kappa shape index (κ3) is 2.70. The highest BCUT2D eigenvalue weighted by molar-refractivity contribution is 7.98. The van der Waals surface area contributed by atoms with Crippen molar-refractivity contribution in [2.24, 2.45) is 0 Å². The SMILES string of the molecule is O=c1cc(O)c2ccc(SCc3ccccc3)cc2o1. The summed E-state index contributed by atoms with van der Waals surface area (Å²) in [6.07, 6.45) is 0. The molecule has 1 aromatic heterocycles. The lowest BCUT2D eigenvalue weighted by Crippen LogP contribution is -1.95. The highest BCUT2D eigenvalue weighted by Gasteiger charge is 2.05. The number of aromatic hydroxyl groups is 1. The zero-order chi connectivity index (χ0) is 13.9. The number of hydrogen-bond donors (Lipinski definition) is 1. The molecule has 3 rings (SSSR count). The molecular formula is C16H12O3S. The molecule has 0 saturated heterocycles. The summed E-state index contributed by atoms with van der Waals surface area (Å²) in [5, 5.41) is 10.2. The molecule has 3 aromatic rings. The molecule has 0 aliphatic heterocycles. The molecule has 0 atom stereocenters. The van der Waals surface area contributed by atoms with Crippen LogP contribution in [0, 0.1) is 0 Å². The van der Waals surface area contributed by atoms with E-state index in [9.17, 15) is 9.90 Å². The normalized spacial score (nSPS) is 10.8. The molecule has 0 aliphatic rings.